The van der Waals surface area contributed by atoms with E-state index in [9.17, 15) is 25.5 Å². The van der Waals surface area contributed by atoms with Crippen LogP contribution in [0.25, 0.3) is 0 Å². The van der Waals surface area contributed by atoms with Crippen molar-refractivity contribution in [1.29, 1.82) is 0 Å². The predicted octanol–water partition coefficient (Wildman–Crippen LogP) is 0.584. The number of ether oxygens (including phenoxy) is 3. The smallest absolute Gasteiger partial charge is 0.150 e. The molecule has 0 radical (unpaired) electrons. The molecule has 4 rings (SSSR count). The maximum absolute atomic E-state index is 10.4. The first-order chi connectivity index (χ1) is 15.4. The monoisotopic (exact) mass is 466 g/mol. The Morgan fingerprint density at radius 2 is 1.69 bits per heavy atom. The lowest BCUT2D eigenvalue weighted by Crippen LogP contribution is -2.55. The van der Waals surface area contributed by atoms with E-state index in [1.54, 1.807) is 18.2 Å². The standard InChI is InChI=1S/C23H27ClO8/c24-16-6-3-13(23-22(29)21(28)20(27)18(9-25)32-23)8-14(16)7-12-1-4-15(5-2-12)31-19-11-30-10-17(19)26/h1-6,8,17-23,25-29H,7,9-11H2/t17?,18-,19?,20-,21+,22-,23+/m1/s1. The molecule has 8 nitrogen and oxygen atoms in total. The Kier molecular flexibility index (Phi) is 7.34. The molecule has 0 amide bonds. The summed E-state index contributed by atoms with van der Waals surface area (Å²) in [5.74, 6) is 0.629. The second-order valence-electron chi connectivity index (χ2n) is 8.18. The van der Waals surface area contributed by atoms with E-state index in [0.29, 0.717) is 29.4 Å². The summed E-state index contributed by atoms with van der Waals surface area (Å²) in [5.41, 5.74) is 2.33. The van der Waals surface area contributed by atoms with Gasteiger partial charge in [0.25, 0.3) is 0 Å². The predicted molar refractivity (Wildman–Crippen MR) is 115 cm³/mol. The molecule has 32 heavy (non-hydrogen) atoms. The highest BCUT2D eigenvalue weighted by Crippen LogP contribution is 2.34. The van der Waals surface area contributed by atoms with Gasteiger partial charge in [0.1, 0.15) is 48.5 Å². The minimum atomic E-state index is -1.44. The van der Waals surface area contributed by atoms with E-state index < -0.39 is 43.2 Å². The van der Waals surface area contributed by atoms with Gasteiger partial charge in [0.2, 0.25) is 0 Å². The van der Waals surface area contributed by atoms with Crippen LogP contribution < -0.4 is 4.74 Å². The second-order valence-corrected chi connectivity index (χ2v) is 8.59. The number of halogens is 1. The molecule has 5 N–H and O–H groups in total. The van der Waals surface area contributed by atoms with E-state index >= 15 is 0 Å². The molecular weight excluding hydrogens is 440 g/mol. The number of aliphatic hydroxyl groups is 5. The average Bonchev–Trinajstić information content (AvgIpc) is 3.19. The molecule has 2 aliphatic heterocycles. The Morgan fingerprint density at radius 1 is 0.938 bits per heavy atom. The fourth-order valence-corrected chi connectivity index (χ4v) is 4.19. The molecule has 2 aliphatic rings. The summed E-state index contributed by atoms with van der Waals surface area (Å²) >= 11 is 6.39. The third-order valence-corrected chi connectivity index (χ3v) is 6.26. The fraction of sp³-hybridized carbons (Fsp3) is 0.478. The highest BCUT2D eigenvalue weighted by atomic mass is 35.5. The third-order valence-electron chi connectivity index (χ3n) is 5.90. The molecule has 0 bridgehead atoms. The molecule has 2 aromatic rings. The Hall–Kier alpha value is -1.75. The molecule has 174 valence electrons. The van der Waals surface area contributed by atoms with Gasteiger partial charge in [-0.2, -0.15) is 0 Å². The summed E-state index contributed by atoms with van der Waals surface area (Å²) in [7, 11) is 0. The van der Waals surface area contributed by atoms with Crippen LogP contribution in [0.15, 0.2) is 42.5 Å². The molecule has 7 atom stereocenters. The molecular formula is C23H27ClO8. The van der Waals surface area contributed by atoms with Crippen molar-refractivity contribution in [3.05, 3.63) is 64.2 Å². The van der Waals surface area contributed by atoms with Crippen molar-refractivity contribution < 1.29 is 39.7 Å². The zero-order valence-electron chi connectivity index (χ0n) is 17.3. The minimum Gasteiger partial charge on any atom is -0.485 e. The van der Waals surface area contributed by atoms with Crippen LogP contribution in [0.4, 0.5) is 0 Å². The van der Waals surface area contributed by atoms with Crippen LogP contribution in [0, 0.1) is 0 Å². The van der Waals surface area contributed by atoms with Crippen LogP contribution in [0.3, 0.4) is 0 Å². The lowest BCUT2D eigenvalue weighted by atomic mass is 9.90. The third kappa shape index (κ3) is 4.93. The van der Waals surface area contributed by atoms with Gasteiger partial charge < -0.3 is 39.7 Å². The lowest BCUT2D eigenvalue weighted by molar-refractivity contribution is -0.231. The first kappa shape index (κ1) is 23.4. The maximum Gasteiger partial charge on any atom is 0.150 e. The van der Waals surface area contributed by atoms with Gasteiger partial charge in [0.05, 0.1) is 19.8 Å². The van der Waals surface area contributed by atoms with Gasteiger partial charge in [0.15, 0.2) is 0 Å². The van der Waals surface area contributed by atoms with Crippen LogP contribution in [0.1, 0.15) is 22.8 Å². The van der Waals surface area contributed by atoms with Crippen LogP contribution in [-0.4, -0.2) is 82.0 Å². The van der Waals surface area contributed by atoms with Gasteiger partial charge in [-0.1, -0.05) is 35.9 Å². The Labute approximate surface area is 190 Å². The van der Waals surface area contributed by atoms with Crippen LogP contribution >= 0.6 is 11.6 Å². The molecule has 2 saturated heterocycles. The summed E-state index contributed by atoms with van der Waals surface area (Å²) in [6, 6.07) is 12.6. The minimum absolute atomic E-state index is 0.270. The molecule has 0 spiro atoms. The van der Waals surface area contributed by atoms with Crippen molar-refractivity contribution >= 4 is 11.6 Å². The van der Waals surface area contributed by atoms with E-state index in [1.807, 2.05) is 24.3 Å². The summed E-state index contributed by atoms with van der Waals surface area (Å²) in [6.45, 7) is 0.135. The Balaban J connectivity index is 1.48. The lowest BCUT2D eigenvalue weighted by Gasteiger charge is -2.40. The SMILES string of the molecule is OC[C@H]1O[C@@H](c2ccc(Cl)c(Cc3ccc(OC4COCC4O)cc3)c2)[C@H](O)[C@@H](O)[C@@H]1O. The van der Waals surface area contributed by atoms with Crippen molar-refractivity contribution in [1.82, 2.24) is 0 Å². The van der Waals surface area contributed by atoms with Crippen LogP contribution in [-0.2, 0) is 15.9 Å². The van der Waals surface area contributed by atoms with E-state index in [1.165, 1.54) is 0 Å². The Morgan fingerprint density at radius 3 is 2.34 bits per heavy atom. The van der Waals surface area contributed by atoms with E-state index in [0.717, 1.165) is 11.1 Å². The number of hydrogen-bond acceptors (Lipinski definition) is 8. The van der Waals surface area contributed by atoms with E-state index in [-0.39, 0.29) is 12.7 Å². The molecule has 9 heteroatoms. The van der Waals surface area contributed by atoms with Crippen LogP contribution in [0.2, 0.25) is 5.02 Å². The fourth-order valence-electron chi connectivity index (χ4n) is 4.00. The van der Waals surface area contributed by atoms with Gasteiger partial charge in [-0.15, -0.1) is 0 Å². The first-order valence-corrected chi connectivity index (χ1v) is 10.9. The van der Waals surface area contributed by atoms with Gasteiger partial charge in [-0.3, -0.25) is 0 Å². The number of aliphatic hydroxyl groups excluding tert-OH is 5. The quantitative estimate of drug-likeness (QED) is 0.418. The van der Waals surface area contributed by atoms with Crippen molar-refractivity contribution in [3.8, 4) is 5.75 Å². The number of hydrogen-bond donors (Lipinski definition) is 5. The van der Waals surface area contributed by atoms with Gasteiger partial charge in [0, 0.05) is 5.02 Å². The normalized spacial score (nSPS) is 32.8. The van der Waals surface area contributed by atoms with Crippen molar-refractivity contribution in [2.24, 2.45) is 0 Å². The summed E-state index contributed by atoms with van der Waals surface area (Å²) in [4.78, 5) is 0. The molecule has 2 aromatic carbocycles. The Bertz CT molecular complexity index is 905. The molecule has 0 aliphatic carbocycles. The summed E-state index contributed by atoms with van der Waals surface area (Å²) < 4.78 is 16.6. The molecule has 0 saturated carbocycles. The topological polar surface area (TPSA) is 129 Å². The zero-order chi connectivity index (χ0) is 22.8. The van der Waals surface area contributed by atoms with Crippen molar-refractivity contribution in [2.45, 2.75) is 49.1 Å². The van der Waals surface area contributed by atoms with E-state index in [2.05, 4.69) is 0 Å². The largest absolute Gasteiger partial charge is 0.485 e. The van der Waals surface area contributed by atoms with E-state index in [4.69, 9.17) is 25.8 Å². The molecule has 2 heterocycles. The molecule has 0 aromatic heterocycles. The zero-order valence-corrected chi connectivity index (χ0v) is 18.0. The van der Waals surface area contributed by atoms with Gasteiger partial charge >= 0.3 is 0 Å². The highest BCUT2D eigenvalue weighted by Gasteiger charge is 2.44. The molecule has 2 unspecified atom stereocenters. The van der Waals surface area contributed by atoms with Crippen molar-refractivity contribution in [2.75, 3.05) is 19.8 Å². The highest BCUT2D eigenvalue weighted by molar-refractivity contribution is 6.31. The maximum atomic E-state index is 10.4. The van der Waals surface area contributed by atoms with Gasteiger partial charge in [-0.25, -0.2) is 0 Å². The van der Waals surface area contributed by atoms with Crippen molar-refractivity contribution in [3.63, 3.8) is 0 Å². The van der Waals surface area contributed by atoms with Crippen LogP contribution in [0.5, 0.6) is 5.75 Å². The number of rotatable bonds is 6. The average molecular weight is 467 g/mol. The number of benzene rings is 2. The summed E-state index contributed by atoms with van der Waals surface area (Å²) in [6.07, 6.45) is -6.62. The van der Waals surface area contributed by atoms with Gasteiger partial charge in [-0.05, 0) is 41.3 Å². The second kappa shape index (κ2) is 10.0. The first-order valence-electron chi connectivity index (χ1n) is 10.5. The molecule has 2 fully saturated rings. The summed E-state index contributed by atoms with van der Waals surface area (Å²) in [5, 5.41) is 50.2.